The first-order chi connectivity index (χ1) is 12.8. The van der Waals surface area contributed by atoms with E-state index >= 15 is 0 Å². The monoisotopic (exact) mass is 369 g/mol. The number of hydrogen-bond acceptors (Lipinski definition) is 6. The second-order valence-corrected chi connectivity index (χ2v) is 6.25. The van der Waals surface area contributed by atoms with Crippen LogP contribution < -0.4 is 10.2 Å². The number of pyridine rings is 1. The molecule has 2 heterocycles. The van der Waals surface area contributed by atoms with E-state index in [2.05, 4.69) is 15.4 Å². The Hall–Kier alpha value is -2.77. The topological polar surface area (TPSA) is 73.3 Å². The maximum absolute atomic E-state index is 11.8. The van der Waals surface area contributed by atoms with Crippen LogP contribution in [0, 0.1) is 0 Å². The van der Waals surface area contributed by atoms with E-state index in [0.717, 1.165) is 22.1 Å². The number of carbonyl (C=O) groups excluding carboxylic acids is 1. The summed E-state index contributed by atoms with van der Waals surface area (Å²) in [6.45, 7) is 0.644. The Morgan fingerprint density at radius 1 is 1.08 bits per heavy atom. The molecule has 0 aliphatic heterocycles. The Bertz CT molecular complexity index is 809. The summed E-state index contributed by atoms with van der Waals surface area (Å²) in [4.78, 5) is 25.7. The van der Waals surface area contributed by atoms with Crippen molar-refractivity contribution in [1.82, 2.24) is 15.4 Å². The Morgan fingerprint density at radius 2 is 1.92 bits per heavy atom. The molecule has 0 radical (unpaired) electrons. The number of rotatable bonds is 9. The molecule has 0 saturated heterocycles. The number of nitrogens with zero attached hydrogens (tertiary/aromatic N) is 2. The van der Waals surface area contributed by atoms with Crippen molar-refractivity contribution in [1.29, 1.82) is 0 Å². The van der Waals surface area contributed by atoms with Gasteiger partial charge in [0.05, 0.1) is 11.4 Å². The minimum Gasteiger partial charge on any atom is -0.491 e. The normalized spacial score (nSPS) is 10.5. The summed E-state index contributed by atoms with van der Waals surface area (Å²) >= 11 is 1.52. The fourth-order valence-electron chi connectivity index (χ4n) is 2.17. The molecule has 0 aliphatic rings. The second-order valence-electron chi connectivity index (χ2n) is 5.39. The summed E-state index contributed by atoms with van der Waals surface area (Å²) in [6, 6.07) is 15.2. The molecule has 0 bridgehead atoms. The molecule has 0 unspecified atom stereocenters. The zero-order chi connectivity index (χ0) is 18.0. The van der Waals surface area contributed by atoms with Crippen LogP contribution in [0.25, 0.3) is 10.7 Å². The van der Waals surface area contributed by atoms with Gasteiger partial charge in [-0.15, -0.1) is 11.3 Å². The number of ether oxygens (including phenoxy) is 1. The van der Waals surface area contributed by atoms with E-state index in [4.69, 9.17) is 9.57 Å². The second kappa shape index (κ2) is 9.65. The van der Waals surface area contributed by atoms with E-state index in [1.165, 1.54) is 11.3 Å². The zero-order valence-corrected chi connectivity index (χ0v) is 14.9. The number of carbonyl (C=O) groups is 1. The van der Waals surface area contributed by atoms with Crippen LogP contribution in [-0.2, 0) is 16.1 Å². The highest BCUT2D eigenvalue weighted by atomic mass is 32.1. The van der Waals surface area contributed by atoms with E-state index < -0.39 is 0 Å². The molecule has 2 aromatic heterocycles. The summed E-state index contributed by atoms with van der Waals surface area (Å²) < 4.78 is 5.47. The summed E-state index contributed by atoms with van der Waals surface area (Å²) in [7, 11) is 0. The van der Waals surface area contributed by atoms with Gasteiger partial charge in [-0.2, -0.15) is 0 Å². The number of aryl methyl sites for hydroxylation is 1. The SMILES string of the molecule is O=C(CCc1csc(-c2ccccn2)n1)NOCCOc1ccccc1. The molecule has 3 rings (SSSR count). The maximum atomic E-state index is 11.8. The summed E-state index contributed by atoms with van der Waals surface area (Å²) in [6.07, 6.45) is 2.60. The van der Waals surface area contributed by atoms with Gasteiger partial charge in [0.25, 0.3) is 0 Å². The van der Waals surface area contributed by atoms with Crippen LogP contribution in [0.4, 0.5) is 0 Å². The van der Waals surface area contributed by atoms with Crippen LogP contribution >= 0.6 is 11.3 Å². The quantitative estimate of drug-likeness (QED) is 0.463. The Labute approximate surface area is 155 Å². The molecular formula is C19H19N3O3S. The van der Waals surface area contributed by atoms with Crippen LogP contribution in [0.15, 0.2) is 60.1 Å². The van der Waals surface area contributed by atoms with E-state index in [-0.39, 0.29) is 12.5 Å². The Kier molecular flexibility index (Phi) is 6.69. The van der Waals surface area contributed by atoms with Crippen LogP contribution in [-0.4, -0.2) is 29.1 Å². The highest BCUT2D eigenvalue weighted by Gasteiger charge is 2.08. The Morgan fingerprint density at radius 3 is 2.73 bits per heavy atom. The predicted molar refractivity (Wildman–Crippen MR) is 99.7 cm³/mol. The predicted octanol–water partition coefficient (Wildman–Crippen LogP) is 3.26. The van der Waals surface area contributed by atoms with E-state index in [1.54, 1.807) is 6.20 Å². The molecule has 0 fully saturated rings. The first kappa shape index (κ1) is 18.0. The summed E-state index contributed by atoms with van der Waals surface area (Å²) in [5.41, 5.74) is 4.14. The molecule has 1 aromatic carbocycles. The van der Waals surface area contributed by atoms with E-state index in [1.807, 2.05) is 53.9 Å². The molecular weight excluding hydrogens is 350 g/mol. The lowest BCUT2D eigenvalue weighted by atomic mass is 10.2. The first-order valence-corrected chi connectivity index (χ1v) is 9.13. The molecule has 6 nitrogen and oxygen atoms in total. The lowest BCUT2D eigenvalue weighted by Crippen LogP contribution is -2.26. The number of hydroxylamine groups is 1. The van der Waals surface area contributed by atoms with Crippen molar-refractivity contribution in [2.45, 2.75) is 12.8 Å². The van der Waals surface area contributed by atoms with Gasteiger partial charge in [-0.1, -0.05) is 24.3 Å². The molecule has 3 aromatic rings. The van der Waals surface area contributed by atoms with Gasteiger partial charge in [-0.25, -0.2) is 10.5 Å². The number of benzene rings is 1. The molecule has 0 aliphatic carbocycles. The van der Waals surface area contributed by atoms with Crippen molar-refractivity contribution >= 4 is 17.2 Å². The van der Waals surface area contributed by atoms with Gasteiger partial charge >= 0.3 is 0 Å². The minimum absolute atomic E-state index is 0.183. The number of para-hydroxylation sites is 1. The Balaban J connectivity index is 1.32. The average Bonchev–Trinajstić information content (AvgIpc) is 3.17. The van der Waals surface area contributed by atoms with Crippen molar-refractivity contribution in [3.63, 3.8) is 0 Å². The molecule has 1 amide bonds. The smallest absolute Gasteiger partial charge is 0.243 e. The van der Waals surface area contributed by atoms with Crippen molar-refractivity contribution < 1.29 is 14.4 Å². The minimum atomic E-state index is -0.183. The highest BCUT2D eigenvalue weighted by molar-refractivity contribution is 7.13. The number of aromatic nitrogens is 2. The lowest BCUT2D eigenvalue weighted by molar-refractivity contribution is -0.134. The zero-order valence-electron chi connectivity index (χ0n) is 14.1. The third-order valence-corrected chi connectivity index (χ3v) is 4.34. The molecule has 0 spiro atoms. The van der Waals surface area contributed by atoms with E-state index in [9.17, 15) is 4.79 Å². The third kappa shape index (κ3) is 5.65. The van der Waals surface area contributed by atoms with Gasteiger partial charge in [0.1, 0.15) is 24.0 Å². The van der Waals surface area contributed by atoms with Crippen LogP contribution in [0.1, 0.15) is 12.1 Å². The maximum Gasteiger partial charge on any atom is 0.243 e. The summed E-state index contributed by atoms with van der Waals surface area (Å²) in [5.74, 6) is 0.590. The third-order valence-electron chi connectivity index (χ3n) is 3.43. The van der Waals surface area contributed by atoms with Gasteiger partial charge in [0.15, 0.2) is 0 Å². The van der Waals surface area contributed by atoms with Crippen molar-refractivity contribution in [3.05, 3.63) is 65.8 Å². The van der Waals surface area contributed by atoms with Crippen LogP contribution in [0.3, 0.4) is 0 Å². The van der Waals surface area contributed by atoms with Gasteiger partial charge < -0.3 is 4.74 Å². The van der Waals surface area contributed by atoms with Crippen molar-refractivity contribution in [3.8, 4) is 16.5 Å². The van der Waals surface area contributed by atoms with Gasteiger partial charge in [0, 0.05) is 18.0 Å². The fourth-order valence-corrected chi connectivity index (χ4v) is 3.00. The van der Waals surface area contributed by atoms with Crippen molar-refractivity contribution in [2.75, 3.05) is 13.2 Å². The molecule has 26 heavy (non-hydrogen) atoms. The largest absolute Gasteiger partial charge is 0.491 e. The van der Waals surface area contributed by atoms with Gasteiger partial charge in [0.2, 0.25) is 5.91 Å². The van der Waals surface area contributed by atoms with E-state index in [0.29, 0.717) is 19.4 Å². The van der Waals surface area contributed by atoms with Gasteiger partial charge in [-0.3, -0.25) is 14.6 Å². The standard InChI is InChI=1S/C19H19N3O3S/c23-18(22-25-13-12-24-16-6-2-1-3-7-16)10-9-15-14-26-19(21-15)17-8-4-5-11-20-17/h1-8,11,14H,9-10,12-13H2,(H,22,23). The molecule has 134 valence electrons. The van der Waals surface area contributed by atoms with Crippen molar-refractivity contribution in [2.24, 2.45) is 0 Å². The van der Waals surface area contributed by atoms with Crippen LogP contribution in [0.5, 0.6) is 5.75 Å². The van der Waals surface area contributed by atoms with Crippen LogP contribution in [0.2, 0.25) is 0 Å². The number of hydrogen-bond donors (Lipinski definition) is 1. The fraction of sp³-hybridized carbons (Fsp3) is 0.211. The molecule has 0 saturated carbocycles. The first-order valence-electron chi connectivity index (χ1n) is 8.25. The number of nitrogens with one attached hydrogen (secondary N) is 1. The lowest BCUT2D eigenvalue weighted by Gasteiger charge is -2.07. The molecule has 0 atom stereocenters. The average molecular weight is 369 g/mol. The number of thiazole rings is 1. The number of amides is 1. The summed E-state index contributed by atoms with van der Waals surface area (Å²) in [5, 5.41) is 2.81. The van der Waals surface area contributed by atoms with Gasteiger partial charge in [-0.05, 0) is 30.7 Å². The highest BCUT2D eigenvalue weighted by Crippen LogP contribution is 2.21. The molecule has 1 N–H and O–H groups in total. The molecule has 7 heteroatoms.